The van der Waals surface area contributed by atoms with E-state index in [1.165, 1.54) is 212 Å². The minimum absolute atomic E-state index is 0.0483. The van der Waals surface area contributed by atoms with Crippen LogP contribution < -0.4 is 5.73 Å². The van der Waals surface area contributed by atoms with Gasteiger partial charge in [-0.3, -0.25) is 18.6 Å². The van der Waals surface area contributed by atoms with Gasteiger partial charge in [-0.1, -0.05) is 372 Å². The molecule has 10 heteroatoms. The van der Waals surface area contributed by atoms with Crippen LogP contribution in [-0.2, 0) is 32.7 Å². The molecule has 97 heavy (non-hydrogen) atoms. The average molecular weight is 1370 g/mol. The SMILES string of the molecule is CC/C=C\C/C=C\C/C=C\C/C=C\C/C=C\C/C=C\C/C=C\C/C=C\C/C=C\C/C=C\CCCCCCCCCCCCC(=O)OC(COC(=O)CCCCCCCCCCCCCCCCCCCCCCCCC/C=C\C/C=C\CCCCCCC)COP(=O)(O)OCCN. The van der Waals surface area contributed by atoms with Gasteiger partial charge in [0.05, 0.1) is 13.2 Å². The number of rotatable bonds is 75. The van der Waals surface area contributed by atoms with Crippen molar-refractivity contribution in [2.45, 2.75) is 367 Å². The number of nitrogens with two attached hydrogens (primary N) is 1. The summed E-state index contributed by atoms with van der Waals surface area (Å²) in [5.41, 5.74) is 5.41. The summed E-state index contributed by atoms with van der Waals surface area (Å²) in [6.45, 7) is 3.65. The van der Waals surface area contributed by atoms with E-state index in [0.29, 0.717) is 6.42 Å². The lowest BCUT2D eigenvalue weighted by molar-refractivity contribution is -0.161. The monoisotopic (exact) mass is 1370 g/mol. The first kappa shape index (κ1) is 92.9. The normalized spacial score (nSPS) is 13.6. The highest BCUT2D eigenvalue weighted by atomic mass is 31.2. The first-order valence-corrected chi connectivity index (χ1v) is 41.8. The van der Waals surface area contributed by atoms with Gasteiger partial charge in [-0.05, 0) is 122 Å². The second-order valence-corrected chi connectivity index (χ2v) is 28.0. The number of carbonyl (C=O) groups excluding carboxylic acids is 2. The fourth-order valence-corrected chi connectivity index (χ4v) is 12.1. The maximum absolute atomic E-state index is 12.8. The Morgan fingerprint density at radius 1 is 0.320 bits per heavy atom. The molecule has 0 aromatic heterocycles. The summed E-state index contributed by atoms with van der Waals surface area (Å²) < 4.78 is 33.3. The molecule has 556 valence electrons. The Hall–Kier alpha value is -4.11. The third-order valence-corrected chi connectivity index (χ3v) is 18.2. The highest BCUT2D eigenvalue weighted by Gasteiger charge is 2.26. The molecule has 3 N–H and O–H groups in total. The molecule has 0 bridgehead atoms. The van der Waals surface area contributed by atoms with Crippen LogP contribution in [0.15, 0.2) is 146 Å². The predicted molar refractivity (Wildman–Crippen MR) is 422 cm³/mol. The van der Waals surface area contributed by atoms with E-state index < -0.39 is 26.5 Å². The Labute approximate surface area is 598 Å². The Bertz CT molecular complexity index is 2110. The van der Waals surface area contributed by atoms with E-state index in [0.717, 1.165) is 116 Å². The van der Waals surface area contributed by atoms with E-state index in [-0.39, 0.29) is 38.6 Å². The van der Waals surface area contributed by atoms with Crippen molar-refractivity contribution >= 4 is 19.8 Å². The number of esters is 2. The highest BCUT2D eigenvalue weighted by molar-refractivity contribution is 7.47. The topological polar surface area (TPSA) is 134 Å². The molecule has 0 saturated heterocycles. The third kappa shape index (κ3) is 80.8. The van der Waals surface area contributed by atoms with E-state index in [1.54, 1.807) is 0 Å². The van der Waals surface area contributed by atoms with Crippen molar-refractivity contribution in [3.63, 3.8) is 0 Å². The molecular weight excluding hydrogens is 1220 g/mol. The zero-order valence-corrected chi connectivity index (χ0v) is 63.7. The molecular formula is C87H150NO8P. The zero-order valence-electron chi connectivity index (χ0n) is 62.8. The Kier molecular flexibility index (Phi) is 77.4. The van der Waals surface area contributed by atoms with Gasteiger partial charge >= 0.3 is 19.8 Å². The minimum atomic E-state index is -4.41. The Balaban J connectivity index is 3.87. The van der Waals surface area contributed by atoms with Crippen LogP contribution in [0.2, 0.25) is 0 Å². The van der Waals surface area contributed by atoms with Crippen LogP contribution in [-0.4, -0.2) is 49.3 Å². The number of allylic oxidation sites excluding steroid dienone is 24. The lowest BCUT2D eigenvalue weighted by atomic mass is 10.0. The number of hydrogen-bond acceptors (Lipinski definition) is 8. The summed E-state index contributed by atoms with van der Waals surface area (Å²) in [5, 5.41) is 0. The van der Waals surface area contributed by atoms with E-state index in [9.17, 15) is 19.0 Å². The summed E-state index contributed by atoms with van der Waals surface area (Å²) in [4.78, 5) is 35.5. The summed E-state index contributed by atoms with van der Waals surface area (Å²) in [6.07, 6.45) is 117. The van der Waals surface area contributed by atoms with Crippen LogP contribution in [0.3, 0.4) is 0 Å². The number of hydrogen-bond donors (Lipinski definition) is 2. The molecule has 0 aromatic carbocycles. The van der Waals surface area contributed by atoms with Gasteiger partial charge in [0.25, 0.3) is 0 Å². The summed E-state index contributed by atoms with van der Waals surface area (Å²) in [6, 6.07) is 0. The first-order valence-electron chi connectivity index (χ1n) is 40.3. The number of phosphoric acid groups is 1. The average Bonchev–Trinajstić information content (AvgIpc) is 2.57. The van der Waals surface area contributed by atoms with E-state index in [4.69, 9.17) is 24.3 Å². The Morgan fingerprint density at radius 2 is 0.567 bits per heavy atom. The molecule has 0 fully saturated rings. The van der Waals surface area contributed by atoms with Gasteiger partial charge in [0.15, 0.2) is 6.10 Å². The van der Waals surface area contributed by atoms with Crippen molar-refractivity contribution in [1.82, 2.24) is 0 Å². The predicted octanol–water partition coefficient (Wildman–Crippen LogP) is 27.3. The molecule has 0 heterocycles. The number of ether oxygens (including phenoxy) is 2. The summed E-state index contributed by atoms with van der Waals surface area (Å²) >= 11 is 0. The van der Waals surface area contributed by atoms with E-state index in [2.05, 4.69) is 160 Å². The van der Waals surface area contributed by atoms with Gasteiger partial charge in [-0.25, -0.2) is 4.57 Å². The van der Waals surface area contributed by atoms with Crippen LogP contribution in [0, 0.1) is 0 Å². The molecule has 0 radical (unpaired) electrons. The van der Waals surface area contributed by atoms with E-state index in [1.807, 2.05) is 0 Å². The van der Waals surface area contributed by atoms with Gasteiger partial charge in [0.2, 0.25) is 0 Å². The molecule has 0 amide bonds. The van der Waals surface area contributed by atoms with Gasteiger partial charge < -0.3 is 20.1 Å². The number of carbonyl (C=O) groups is 2. The third-order valence-electron chi connectivity index (χ3n) is 17.2. The molecule has 0 aliphatic carbocycles. The van der Waals surface area contributed by atoms with Crippen molar-refractivity contribution in [3.8, 4) is 0 Å². The maximum Gasteiger partial charge on any atom is 0.472 e. The van der Waals surface area contributed by atoms with Crippen LogP contribution >= 0.6 is 7.82 Å². The molecule has 0 rings (SSSR count). The first-order chi connectivity index (χ1) is 47.8. The van der Waals surface area contributed by atoms with E-state index >= 15 is 0 Å². The number of unbranched alkanes of at least 4 members (excludes halogenated alkanes) is 38. The molecule has 0 aliphatic rings. The second kappa shape index (κ2) is 80.9. The van der Waals surface area contributed by atoms with Crippen molar-refractivity contribution in [3.05, 3.63) is 146 Å². The van der Waals surface area contributed by atoms with Crippen molar-refractivity contribution in [2.75, 3.05) is 26.4 Å². The summed E-state index contributed by atoms with van der Waals surface area (Å²) in [7, 11) is -4.41. The molecule has 9 nitrogen and oxygen atoms in total. The lowest BCUT2D eigenvalue weighted by Gasteiger charge is -2.19. The van der Waals surface area contributed by atoms with Gasteiger partial charge in [0.1, 0.15) is 6.61 Å². The molecule has 0 spiro atoms. The van der Waals surface area contributed by atoms with Gasteiger partial charge in [-0.15, -0.1) is 0 Å². The molecule has 2 unspecified atom stereocenters. The minimum Gasteiger partial charge on any atom is -0.462 e. The zero-order chi connectivity index (χ0) is 70.0. The molecule has 0 aliphatic heterocycles. The fraction of sp³-hybridized carbons (Fsp3) is 0.701. The van der Waals surface area contributed by atoms with Gasteiger partial charge in [-0.2, -0.15) is 0 Å². The summed E-state index contributed by atoms with van der Waals surface area (Å²) in [5.74, 6) is -0.826. The highest BCUT2D eigenvalue weighted by Crippen LogP contribution is 2.43. The smallest absolute Gasteiger partial charge is 0.462 e. The second-order valence-electron chi connectivity index (χ2n) is 26.6. The van der Waals surface area contributed by atoms with Crippen LogP contribution in [0.4, 0.5) is 0 Å². The van der Waals surface area contributed by atoms with Crippen molar-refractivity contribution in [1.29, 1.82) is 0 Å². The van der Waals surface area contributed by atoms with Crippen LogP contribution in [0.25, 0.3) is 0 Å². The van der Waals surface area contributed by atoms with Crippen molar-refractivity contribution < 1.29 is 37.6 Å². The molecule has 0 aromatic rings. The van der Waals surface area contributed by atoms with Crippen LogP contribution in [0.1, 0.15) is 361 Å². The standard InChI is InChI=1S/C87H150NO8P/c1-3-5-7-9-11-13-15-17-19-21-23-25-27-29-31-33-35-37-39-40-41-42-43-44-46-48-50-52-54-56-58-60-62-64-66-68-70-72-74-76-78-80-87(90)96-85(84-95-97(91,92)94-82-81-88)83-93-86(89)79-77-75-73-71-69-67-65-63-61-59-57-55-53-51-49-47-45-38-36-34-32-30-28-26-24-22-20-18-16-14-12-10-8-6-4-2/h5,7,11,13,16-19,22-25,29,31,35,37,40-41,43-44,48,50,54,56,85H,3-4,6,8-10,12,14-15,20-21,26-28,30,32-34,36,38-39,42,45-47,49,51-53,55,57-84,88H2,1-2H3,(H,91,92)/b7-5-,13-11-,18-16-,19-17-,24-22-,25-23-,31-29-,37-35-,41-40-,44-43-,50-48-,56-54-. The number of phosphoric ester groups is 1. The van der Waals surface area contributed by atoms with Crippen molar-refractivity contribution in [2.24, 2.45) is 5.73 Å². The van der Waals surface area contributed by atoms with Gasteiger partial charge in [0, 0.05) is 19.4 Å². The molecule has 0 saturated carbocycles. The lowest BCUT2D eigenvalue weighted by Crippen LogP contribution is -2.29. The fourth-order valence-electron chi connectivity index (χ4n) is 11.3. The van der Waals surface area contributed by atoms with Crippen LogP contribution in [0.5, 0.6) is 0 Å². The largest absolute Gasteiger partial charge is 0.472 e. The molecule has 2 atom stereocenters. The Morgan fingerprint density at radius 3 is 0.845 bits per heavy atom. The quantitative estimate of drug-likeness (QED) is 0.0264. The maximum atomic E-state index is 12.8.